The number of likely N-dealkylation sites (tertiary alicyclic amines) is 1. The normalized spacial score (nSPS) is 31.3. The number of piperidine rings is 1. The molecule has 5 atom stereocenters. The summed E-state index contributed by atoms with van der Waals surface area (Å²) in [6, 6.07) is 0. The molecule has 2 fully saturated rings. The molecule has 3 nitrogen and oxygen atoms in total. The number of rotatable bonds is 12. The van der Waals surface area contributed by atoms with E-state index >= 15 is 0 Å². The Morgan fingerprint density at radius 3 is 2.83 bits per heavy atom. The maximum atomic E-state index is 10.5. The number of aliphatic hydroxyl groups excluding tert-OH is 2. The molecule has 0 aromatic rings. The van der Waals surface area contributed by atoms with Gasteiger partial charge < -0.3 is 15.1 Å². The maximum Gasteiger partial charge on any atom is 0.0721 e. The summed E-state index contributed by atoms with van der Waals surface area (Å²) in [5, 5.41) is 20.7. The quantitative estimate of drug-likeness (QED) is 0.342. The molecule has 0 amide bonds. The second-order valence-corrected chi connectivity index (χ2v) is 10.6. The molecule has 0 bridgehead atoms. The third-order valence-corrected chi connectivity index (χ3v) is 8.26. The van der Waals surface area contributed by atoms with Crippen molar-refractivity contribution in [3.05, 3.63) is 23.8 Å². The van der Waals surface area contributed by atoms with Crippen molar-refractivity contribution in [2.24, 2.45) is 17.8 Å². The molecule has 0 aromatic heterocycles. The lowest BCUT2D eigenvalue weighted by atomic mass is 9.89. The van der Waals surface area contributed by atoms with E-state index < -0.39 is 0 Å². The summed E-state index contributed by atoms with van der Waals surface area (Å²) in [7, 11) is 0. The molecule has 2 aliphatic carbocycles. The first kappa shape index (κ1) is 23.4. The van der Waals surface area contributed by atoms with Gasteiger partial charge in [-0.25, -0.2) is 0 Å². The van der Waals surface area contributed by atoms with Crippen LogP contribution in [0.1, 0.15) is 71.1 Å². The summed E-state index contributed by atoms with van der Waals surface area (Å²) in [6.45, 7) is 6.08. The lowest BCUT2D eigenvalue weighted by Gasteiger charge is -2.26. The van der Waals surface area contributed by atoms with Crippen LogP contribution in [0.4, 0.5) is 0 Å². The minimum Gasteiger partial charge on any atom is -0.392 e. The number of nitrogens with zero attached hydrogens (tertiary/aromatic N) is 1. The van der Waals surface area contributed by atoms with Crippen molar-refractivity contribution in [2.45, 2.75) is 83.3 Å². The third-order valence-electron chi connectivity index (χ3n) is 7.11. The zero-order chi connectivity index (χ0) is 20.5. The number of hydrogen-bond donors (Lipinski definition) is 2. The number of aliphatic hydroxyl groups is 2. The molecule has 0 unspecified atom stereocenters. The molecule has 2 N–H and O–H groups in total. The van der Waals surface area contributed by atoms with E-state index in [1.807, 2.05) is 6.08 Å². The largest absolute Gasteiger partial charge is 0.392 e. The molecule has 1 saturated carbocycles. The van der Waals surface area contributed by atoms with Gasteiger partial charge in [-0.2, -0.15) is 11.8 Å². The van der Waals surface area contributed by atoms with Crippen LogP contribution in [0.3, 0.4) is 0 Å². The fourth-order valence-electron chi connectivity index (χ4n) is 5.44. The van der Waals surface area contributed by atoms with Crippen LogP contribution in [0.15, 0.2) is 23.8 Å². The number of thioether (sulfide) groups is 1. The molecular formula is C25H43NO2S. The lowest BCUT2D eigenvalue weighted by Crippen LogP contribution is -2.30. The second kappa shape index (κ2) is 12.5. The smallest absolute Gasteiger partial charge is 0.0721 e. The monoisotopic (exact) mass is 421 g/mol. The van der Waals surface area contributed by atoms with Gasteiger partial charge in [-0.1, -0.05) is 56.4 Å². The number of allylic oxidation sites excluding steroid dienone is 1. The molecule has 29 heavy (non-hydrogen) atoms. The van der Waals surface area contributed by atoms with E-state index in [9.17, 15) is 10.2 Å². The Labute approximate surface area is 183 Å². The fourth-order valence-corrected chi connectivity index (χ4v) is 6.40. The highest BCUT2D eigenvalue weighted by atomic mass is 32.2. The minimum absolute atomic E-state index is 0.221. The van der Waals surface area contributed by atoms with E-state index in [1.54, 1.807) is 5.57 Å². The fraction of sp³-hybridized carbons (Fsp3) is 0.840. The molecule has 0 radical (unpaired) electrons. The average Bonchev–Trinajstić information content (AvgIpc) is 3.23. The van der Waals surface area contributed by atoms with Crippen LogP contribution < -0.4 is 0 Å². The SMILES string of the molecule is CCCCC[C@H](O)/C=C/[C@@H]1[C@H]2CC(CSCCCN3CCCCC3)=C[C@H]2C[C@H]1O. The van der Waals surface area contributed by atoms with Crippen LogP contribution in [0, 0.1) is 17.8 Å². The summed E-state index contributed by atoms with van der Waals surface area (Å²) >= 11 is 2.09. The summed E-state index contributed by atoms with van der Waals surface area (Å²) in [5.41, 5.74) is 1.59. The maximum absolute atomic E-state index is 10.5. The second-order valence-electron chi connectivity index (χ2n) is 9.49. The number of fused-ring (bicyclic) bond motifs is 1. The van der Waals surface area contributed by atoms with Crippen LogP contribution in [-0.4, -0.2) is 58.5 Å². The van der Waals surface area contributed by atoms with E-state index in [0.29, 0.717) is 11.8 Å². The van der Waals surface area contributed by atoms with Gasteiger partial charge in [0.25, 0.3) is 0 Å². The van der Waals surface area contributed by atoms with Crippen molar-refractivity contribution >= 4 is 11.8 Å². The van der Waals surface area contributed by atoms with Gasteiger partial charge in [0.05, 0.1) is 12.2 Å². The van der Waals surface area contributed by atoms with E-state index in [-0.39, 0.29) is 18.1 Å². The van der Waals surface area contributed by atoms with Gasteiger partial charge in [-0.3, -0.25) is 0 Å². The summed E-state index contributed by atoms with van der Waals surface area (Å²) in [5.74, 6) is 3.74. The Kier molecular flexibility index (Phi) is 10.1. The lowest BCUT2D eigenvalue weighted by molar-refractivity contribution is 0.140. The highest BCUT2D eigenvalue weighted by molar-refractivity contribution is 7.99. The van der Waals surface area contributed by atoms with Gasteiger partial charge in [-0.05, 0) is 75.7 Å². The van der Waals surface area contributed by atoms with Gasteiger partial charge >= 0.3 is 0 Å². The average molecular weight is 422 g/mol. The first-order valence-corrected chi connectivity index (χ1v) is 13.4. The Hall–Kier alpha value is -0.290. The molecule has 0 spiro atoms. The first-order valence-electron chi connectivity index (χ1n) is 12.2. The van der Waals surface area contributed by atoms with Crippen LogP contribution >= 0.6 is 11.8 Å². The van der Waals surface area contributed by atoms with Crippen LogP contribution in [0.2, 0.25) is 0 Å². The first-order chi connectivity index (χ1) is 14.2. The zero-order valence-corrected chi connectivity index (χ0v) is 19.3. The molecular weight excluding hydrogens is 378 g/mol. The topological polar surface area (TPSA) is 43.7 Å². The highest BCUT2D eigenvalue weighted by Gasteiger charge is 2.43. The molecule has 3 aliphatic rings. The Bertz CT molecular complexity index is 529. The third kappa shape index (κ3) is 7.41. The molecule has 4 heteroatoms. The highest BCUT2D eigenvalue weighted by Crippen LogP contribution is 2.47. The number of unbranched alkanes of at least 4 members (excludes halogenated alkanes) is 2. The predicted molar refractivity (Wildman–Crippen MR) is 125 cm³/mol. The molecule has 1 heterocycles. The standard InChI is InChI=1S/C25H43NO2S/c1-2-3-5-9-22(27)10-11-23-24-17-20(16-21(24)18-25(23)28)19-29-15-8-14-26-12-6-4-7-13-26/h10-11,16,21-25,27-28H,2-9,12-15,17-19H2,1H3/b11-10+/t21-,22-,23+,24-,25+/m0/s1. The number of hydrogen-bond acceptors (Lipinski definition) is 4. The summed E-state index contributed by atoms with van der Waals surface area (Å²) in [4.78, 5) is 2.64. The van der Waals surface area contributed by atoms with E-state index in [0.717, 1.165) is 25.7 Å². The minimum atomic E-state index is -0.350. The van der Waals surface area contributed by atoms with Gasteiger partial charge in [0.1, 0.15) is 0 Å². The molecule has 3 rings (SSSR count). The molecule has 1 aliphatic heterocycles. The summed E-state index contributed by atoms with van der Waals surface area (Å²) < 4.78 is 0. The van der Waals surface area contributed by atoms with Gasteiger partial charge in [0.2, 0.25) is 0 Å². The van der Waals surface area contributed by atoms with Gasteiger partial charge in [-0.15, -0.1) is 0 Å². The van der Waals surface area contributed by atoms with Crippen molar-refractivity contribution in [2.75, 3.05) is 31.1 Å². The van der Waals surface area contributed by atoms with E-state index in [4.69, 9.17) is 0 Å². The van der Waals surface area contributed by atoms with Crippen molar-refractivity contribution in [1.29, 1.82) is 0 Å². The van der Waals surface area contributed by atoms with E-state index in [1.165, 1.54) is 69.7 Å². The molecule has 0 aromatic carbocycles. The van der Waals surface area contributed by atoms with Crippen LogP contribution in [0.25, 0.3) is 0 Å². The molecule has 166 valence electrons. The Balaban J connectivity index is 1.34. The zero-order valence-electron chi connectivity index (χ0n) is 18.5. The van der Waals surface area contributed by atoms with Crippen molar-refractivity contribution < 1.29 is 10.2 Å². The Morgan fingerprint density at radius 2 is 2.03 bits per heavy atom. The van der Waals surface area contributed by atoms with Crippen molar-refractivity contribution in [3.63, 3.8) is 0 Å². The molecule has 1 saturated heterocycles. The van der Waals surface area contributed by atoms with Gasteiger partial charge in [0.15, 0.2) is 0 Å². The van der Waals surface area contributed by atoms with E-state index in [2.05, 4.69) is 35.7 Å². The summed E-state index contributed by atoms with van der Waals surface area (Å²) in [6.07, 6.45) is 17.8. The predicted octanol–water partition coefficient (Wildman–Crippen LogP) is 5.04. The van der Waals surface area contributed by atoms with Crippen LogP contribution in [-0.2, 0) is 0 Å². The van der Waals surface area contributed by atoms with Crippen LogP contribution in [0.5, 0.6) is 0 Å². The Morgan fingerprint density at radius 1 is 1.21 bits per heavy atom. The van der Waals surface area contributed by atoms with Crippen molar-refractivity contribution in [3.8, 4) is 0 Å². The van der Waals surface area contributed by atoms with Gasteiger partial charge in [0, 0.05) is 11.7 Å². The van der Waals surface area contributed by atoms with Crippen molar-refractivity contribution in [1.82, 2.24) is 4.90 Å².